The molecule has 0 saturated carbocycles. The van der Waals surface area contributed by atoms with Crippen molar-refractivity contribution in [3.8, 4) is 5.75 Å². The van der Waals surface area contributed by atoms with Crippen LogP contribution in [-0.4, -0.2) is 25.9 Å². The van der Waals surface area contributed by atoms with E-state index in [9.17, 15) is 4.39 Å². The summed E-state index contributed by atoms with van der Waals surface area (Å²) in [4.78, 5) is 0. The minimum atomic E-state index is -0.271. The minimum absolute atomic E-state index is 0.271. The molecule has 0 amide bonds. The van der Waals surface area contributed by atoms with Crippen molar-refractivity contribution >= 4 is 0 Å². The molecule has 2 atom stereocenters. The first-order valence-corrected chi connectivity index (χ1v) is 6.37. The topological polar surface area (TPSA) is 30.5 Å². The first-order chi connectivity index (χ1) is 8.70. The van der Waals surface area contributed by atoms with E-state index in [2.05, 4.69) is 12.2 Å². The number of ether oxygens (including phenoxy) is 2. The average Bonchev–Trinajstić information content (AvgIpc) is 2.38. The predicted octanol–water partition coefficient (Wildman–Crippen LogP) is 2.49. The molecule has 0 spiro atoms. The third-order valence-corrected chi connectivity index (χ3v) is 3.33. The second-order valence-electron chi connectivity index (χ2n) is 4.72. The highest BCUT2D eigenvalue weighted by atomic mass is 19.1. The van der Waals surface area contributed by atoms with Crippen molar-refractivity contribution in [2.45, 2.75) is 38.5 Å². The van der Waals surface area contributed by atoms with Gasteiger partial charge in [-0.1, -0.05) is 12.1 Å². The molecule has 18 heavy (non-hydrogen) atoms. The Hall–Kier alpha value is -1.13. The molecular weight excluding hydrogens is 233 g/mol. The van der Waals surface area contributed by atoms with Crippen LogP contribution in [0, 0.1) is 5.82 Å². The molecule has 0 bridgehead atoms. The summed E-state index contributed by atoms with van der Waals surface area (Å²) in [6, 6.07) is 5.63. The quantitative estimate of drug-likeness (QED) is 0.894. The second-order valence-corrected chi connectivity index (χ2v) is 4.72. The van der Waals surface area contributed by atoms with Gasteiger partial charge in [0.15, 0.2) is 11.6 Å². The van der Waals surface area contributed by atoms with E-state index < -0.39 is 0 Å². The van der Waals surface area contributed by atoms with Crippen LogP contribution in [-0.2, 0) is 11.3 Å². The number of hydrogen-bond acceptors (Lipinski definition) is 3. The molecule has 1 aromatic rings. The SMILES string of the molecule is COc1cccc(CNC2CCOC(C)C2)c1F. The van der Waals surface area contributed by atoms with Crippen LogP contribution < -0.4 is 10.1 Å². The molecule has 2 rings (SSSR count). The van der Waals surface area contributed by atoms with E-state index in [0.29, 0.717) is 23.9 Å². The van der Waals surface area contributed by atoms with Gasteiger partial charge in [-0.05, 0) is 25.8 Å². The molecule has 1 heterocycles. The Bertz CT molecular complexity index is 397. The van der Waals surface area contributed by atoms with Crippen molar-refractivity contribution in [1.29, 1.82) is 0 Å². The van der Waals surface area contributed by atoms with Gasteiger partial charge < -0.3 is 14.8 Å². The van der Waals surface area contributed by atoms with E-state index in [1.807, 2.05) is 6.07 Å². The van der Waals surface area contributed by atoms with Crippen LogP contribution in [0.5, 0.6) is 5.75 Å². The zero-order valence-corrected chi connectivity index (χ0v) is 10.9. The van der Waals surface area contributed by atoms with E-state index in [1.54, 1.807) is 12.1 Å². The molecule has 1 N–H and O–H groups in total. The van der Waals surface area contributed by atoms with Gasteiger partial charge in [-0.2, -0.15) is 0 Å². The number of benzene rings is 1. The molecule has 0 radical (unpaired) electrons. The molecule has 1 saturated heterocycles. The standard InChI is InChI=1S/C14H20FNO2/c1-10-8-12(6-7-18-10)16-9-11-4-3-5-13(17-2)14(11)15/h3-5,10,12,16H,6-9H2,1-2H3. The summed E-state index contributed by atoms with van der Waals surface area (Å²) in [7, 11) is 1.48. The van der Waals surface area contributed by atoms with E-state index in [4.69, 9.17) is 9.47 Å². The maximum Gasteiger partial charge on any atom is 0.169 e. The van der Waals surface area contributed by atoms with Gasteiger partial charge in [-0.3, -0.25) is 0 Å². The number of methoxy groups -OCH3 is 1. The summed E-state index contributed by atoms with van der Waals surface area (Å²) < 4.78 is 24.4. The highest BCUT2D eigenvalue weighted by molar-refractivity contribution is 5.30. The Labute approximate surface area is 107 Å². The molecule has 2 unspecified atom stereocenters. The largest absolute Gasteiger partial charge is 0.494 e. The fourth-order valence-electron chi connectivity index (χ4n) is 2.29. The van der Waals surface area contributed by atoms with Gasteiger partial charge in [0.2, 0.25) is 0 Å². The van der Waals surface area contributed by atoms with Crippen molar-refractivity contribution in [3.05, 3.63) is 29.6 Å². The first kappa shape index (κ1) is 13.3. The van der Waals surface area contributed by atoms with E-state index in [-0.39, 0.29) is 11.9 Å². The molecule has 1 aliphatic heterocycles. The van der Waals surface area contributed by atoms with E-state index >= 15 is 0 Å². The lowest BCUT2D eigenvalue weighted by atomic mass is 10.0. The Morgan fingerprint density at radius 1 is 1.50 bits per heavy atom. The summed E-state index contributed by atoms with van der Waals surface area (Å²) in [5.41, 5.74) is 0.647. The monoisotopic (exact) mass is 253 g/mol. The van der Waals surface area contributed by atoms with E-state index in [0.717, 1.165) is 19.4 Å². The highest BCUT2D eigenvalue weighted by Crippen LogP contribution is 2.20. The lowest BCUT2D eigenvalue weighted by molar-refractivity contribution is 0.0130. The van der Waals surface area contributed by atoms with Gasteiger partial charge in [-0.25, -0.2) is 4.39 Å². The fraction of sp³-hybridized carbons (Fsp3) is 0.571. The molecule has 1 aliphatic rings. The van der Waals surface area contributed by atoms with Crippen molar-refractivity contribution in [2.75, 3.05) is 13.7 Å². The van der Waals surface area contributed by atoms with Gasteiger partial charge in [0.1, 0.15) is 0 Å². The van der Waals surface area contributed by atoms with Crippen LogP contribution in [0.2, 0.25) is 0 Å². The number of rotatable bonds is 4. The van der Waals surface area contributed by atoms with Gasteiger partial charge >= 0.3 is 0 Å². The molecule has 1 fully saturated rings. The zero-order chi connectivity index (χ0) is 13.0. The fourth-order valence-corrected chi connectivity index (χ4v) is 2.29. The molecule has 4 heteroatoms. The molecule has 100 valence electrons. The molecular formula is C14H20FNO2. The summed E-state index contributed by atoms with van der Waals surface area (Å²) in [6.45, 7) is 3.37. The lowest BCUT2D eigenvalue weighted by Gasteiger charge is -2.28. The number of halogens is 1. The van der Waals surface area contributed by atoms with Gasteiger partial charge in [-0.15, -0.1) is 0 Å². The Kier molecular flexibility index (Phi) is 4.55. The van der Waals surface area contributed by atoms with E-state index in [1.165, 1.54) is 7.11 Å². The normalized spacial score (nSPS) is 23.9. The Morgan fingerprint density at radius 2 is 2.33 bits per heavy atom. The Morgan fingerprint density at radius 3 is 3.06 bits per heavy atom. The lowest BCUT2D eigenvalue weighted by Crippen LogP contribution is -2.37. The first-order valence-electron chi connectivity index (χ1n) is 6.37. The third kappa shape index (κ3) is 3.21. The van der Waals surface area contributed by atoms with Crippen molar-refractivity contribution in [3.63, 3.8) is 0 Å². The van der Waals surface area contributed by atoms with Crippen LogP contribution in [0.3, 0.4) is 0 Å². The van der Waals surface area contributed by atoms with Crippen molar-refractivity contribution in [2.24, 2.45) is 0 Å². The molecule has 1 aromatic carbocycles. The molecule has 0 aromatic heterocycles. The van der Waals surface area contributed by atoms with Crippen molar-refractivity contribution in [1.82, 2.24) is 5.32 Å². The van der Waals surface area contributed by atoms with Gasteiger partial charge in [0.05, 0.1) is 13.2 Å². The maximum absolute atomic E-state index is 13.9. The number of hydrogen-bond donors (Lipinski definition) is 1. The second kappa shape index (κ2) is 6.16. The molecule has 3 nitrogen and oxygen atoms in total. The minimum Gasteiger partial charge on any atom is -0.494 e. The summed E-state index contributed by atoms with van der Waals surface area (Å²) in [6.07, 6.45) is 2.24. The third-order valence-electron chi connectivity index (χ3n) is 3.33. The van der Waals surface area contributed by atoms with Crippen molar-refractivity contribution < 1.29 is 13.9 Å². The van der Waals surface area contributed by atoms with Crippen LogP contribution in [0.15, 0.2) is 18.2 Å². The summed E-state index contributed by atoms with van der Waals surface area (Å²) in [5.74, 6) is 0.0299. The molecule has 0 aliphatic carbocycles. The predicted molar refractivity (Wildman–Crippen MR) is 68.2 cm³/mol. The van der Waals surface area contributed by atoms with Crippen LogP contribution in [0.1, 0.15) is 25.3 Å². The highest BCUT2D eigenvalue weighted by Gasteiger charge is 2.19. The van der Waals surface area contributed by atoms with Crippen LogP contribution in [0.4, 0.5) is 4.39 Å². The number of nitrogens with one attached hydrogen (secondary N) is 1. The zero-order valence-electron chi connectivity index (χ0n) is 10.9. The Balaban J connectivity index is 1.93. The summed E-state index contributed by atoms with van der Waals surface area (Å²) in [5, 5.41) is 3.38. The van der Waals surface area contributed by atoms with Gasteiger partial charge in [0.25, 0.3) is 0 Å². The summed E-state index contributed by atoms with van der Waals surface area (Å²) >= 11 is 0. The van der Waals surface area contributed by atoms with Gasteiger partial charge in [0, 0.05) is 24.8 Å². The smallest absolute Gasteiger partial charge is 0.169 e. The average molecular weight is 253 g/mol. The van der Waals surface area contributed by atoms with Crippen LogP contribution in [0.25, 0.3) is 0 Å². The van der Waals surface area contributed by atoms with Crippen LogP contribution >= 0.6 is 0 Å². The maximum atomic E-state index is 13.9.